The van der Waals surface area contributed by atoms with Crippen LogP contribution in [0.2, 0.25) is 10.2 Å². The van der Waals surface area contributed by atoms with Gasteiger partial charge in [-0.2, -0.15) is 0 Å². The van der Waals surface area contributed by atoms with Gasteiger partial charge in [-0.25, -0.2) is 9.97 Å². The number of hydrogen-bond acceptors (Lipinski definition) is 5. The quantitative estimate of drug-likeness (QED) is 0.378. The van der Waals surface area contributed by atoms with Crippen molar-refractivity contribution in [1.82, 2.24) is 24.1 Å². The fourth-order valence-corrected chi connectivity index (χ4v) is 4.43. The fourth-order valence-electron chi connectivity index (χ4n) is 4.14. The van der Waals surface area contributed by atoms with E-state index in [1.807, 2.05) is 0 Å². The molecule has 170 valence electrons. The van der Waals surface area contributed by atoms with Gasteiger partial charge in [0.2, 0.25) is 0 Å². The first-order valence-electron chi connectivity index (χ1n) is 10.4. The van der Waals surface area contributed by atoms with Crippen LogP contribution < -0.4 is 5.56 Å². The highest BCUT2D eigenvalue weighted by Crippen LogP contribution is 2.38. The summed E-state index contributed by atoms with van der Waals surface area (Å²) >= 11 is 12.2. The molecule has 0 bridgehead atoms. The Labute approximate surface area is 204 Å². The number of halogens is 2. The number of rotatable bonds is 4. The lowest BCUT2D eigenvalue weighted by Crippen LogP contribution is -2.32. The third-order valence-corrected chi connectivity index (χ3v) is 6.41. The topological polar surface area (TPSA) is 85.8 Å². The number of fused-ring (bicyclic) bond motifs is 1. The summed E-state index contributed by atoms with van der Waals surface area (Å²) in [6.45, 7) is 0. The van der Waals surface area contributed by atoms with Crippen molar-refractivity contribution < 1.29 is 5.11 Å². The maximum Gasteiger partial charge on any atom is 0.251 e. The minimum atomic E-state index is -1.64. The molecule has 0 aliphatic carbocycles. The lowest BCUT2D eigenvalue weighted by molar-refractivity contribution is 0.113. The van der Waals surface area contributed by atoms with E-state index < -0.39 is 5.60 Å². The highest BCUT2D eigenvalue weighted by molar-refractivity contribution is 6.30. The molecule has 7 nitrogen and oxygen atoms in total. The zero-order chi connectivity index (χ0) is 24.0. The molecule has 0 aliphatic heterocycles. The molecule has 0 unspecified atom stereocenters. The summed E-state index contributed by atoms with van der Waals surface area (Å²) in [5.41, 5.74) is 1.32. The Hall–Kier alpha value is -3.52. The molecule has 0 radical (unpaired) electrons. The van der Waals surface area contributed by atoms with Crippen LogP contribution in [0.4, 0.5) is 0 Å². The maximum absolute atomic E-state index is 12.7. The minimum Gasteiger partial charge on any atom is -0.373 e. The van der Waals surface area contributed by atoms with Crippen LogP contribution in [-0.4, -0.2) is 29.2 Å². The molecular formula is C25H19Cl2N5O2. The molecule has 1 N–H and O–H groups in total. The van der Waals surface area contributed by atoms with Crippen molar-refractivity contribution >= 4 is 34.1 Å². The standard InChI is InChI=1S/C25H19Cl2N5O2/c1-31-14-28-13-22(31)25(34,15-6-8-16(26)9-7-15)21-10-18-17(19-4-3-5-23(27)30-19)11-24(33)32(2)20(18)12-29-21/h3-14,34H,1-2H3/t25-/m1/s1. The number of imidazole rings is 1. The summed E-state index contributed by atoms with van der Waals surface area (Å²) in [5.74, 6) is 0. The largest absolute Gasteiger partial charge is 0.373 e. The Morgan fingerprint density at radius 3 is 2.44 bits per heavy atom. The molecule has 1 atom stereocenters. The number of aryl methyl sites for hydroxylation is 2. The third kappa shape index (κ3) is 3.58. The van der Waals surface area contributed by atoms with Crippen molar-refractivity contribution in [2.75, 3.05) is 0 Å². The third-order valence-electron chi connectivity index (χ3n) is 5.94. The number of benzene rings is 1. The van der Waals surface area contributed by atoms with E-state index in [1.54, 1.807) is 85.9 Å². The van der Waals surface area contributed by atoms with Crippen LogP contribution in [0.3, 0.4) is 0 Å². The van der Waals surface area contributed by atoms with E-state index in [1.165, 1.54) is 10.6 Å². The van der Waals surface area contributed by atoms with E-state index in [-0.39, 0.29) is 5.56 Å². The number of nitrogens with zero attached hydrogens (tertiary/aromatic N) is 5. The Kier molecular flexibility index (Phi) is 5.48. The second-order valence-electron chi connectivity index (χ2n) is 7.99. The minimum absolute atomic E-state index is 0.210. The smallest absolute Gasteiger partial charge is 0.251 e. The van der Waals surface area contributed by atoms with Crippen molar-refractivity contribution in [1.29, 1.82) is 0 Å². The van der Waals surface area contributed by atoms with Crippen molar-refractivity contribution in [3.05, 3.63) is 111 Å². The Balaban J connectivity index is 1.84. The molecule has 4 aromatic heterocycles. The Bertz CT molecular complexity index is 1590. The molecule has 0 saturated carbocycles. The summed E-state index contributed by atoms with van der Waals surface area (Å²) < 4.78 is 3.24. The van der Waals surface area contributed by atoms with E-state index in [0.717, 1.165) is 0 Å². The molecule has 0 fully saturated rings. The summed E-state index contributed by atoms with van der Waals surface area (Å²) in [6, 6.07) is 15.4. The van der Waals surface area contributed by atoms with Gasteiger partial charge in [0.25, 0.3) is 5.56 Å². The SMILES string of the molecule is Cn1cncc1[C@@](O)(c1ccc(Cl)cc1)c1cc2c(-c3cccc(Cl)n3)cc(=O)n(C)c2cn1. The van der Waals surface area contributed by atoms with Gasteiger partial charge in [0, 0.05) is 36.1 Å². The van der Waals surface area contributed by atoms with E-state index in [0.29, 0.717) is 49.3 Å². The molecule has 4 heterocycles. The predicted molar refractivity (Wildman–Crippen MR) is 132 cm³/mol. The normalized spacial score (nSPS) is 13.2. The number of aliphatic hydroxyl groups is 1. The van der Waals surface area contributed by atoms with Crippen LogP contribution in [0.15, 0.2) is 78.1 Å². The van der Waals surface area contributed by atoms with Gasteiger partial charge in [-0.3, -0.25) is 9.78 Å². The van der Waals surface area contributed by atoms with Crippen molar-refractivity contribution in [2.45, 2.75) is 5.60 Å². The van der Waals surface area contributed by atoms with Crippen LogP contribution in [0, 0.1) is 0 Å². The molecule has 1 aromatic carbocycles. The van der Waals surface area contributed by atoms with Crippen LogP contribution in [-0.2, 0) is 19.7 Å². The number of hydrogen-bond donors (Lipinski definition) is 1. The summed E-state index contributed by atoms with van der Waals surface area (Å²) in [4.78, 5) is 25.9. The van der Waals surface area contributed by atoms with Gasteiger partial charge in [-0.05, 0) is 35.9 Å². The lowest BCUT2D eigenvalue weighted by atomic mass is 9.86. The van der Waals surface area contributed by atoms with Gasteiger partial charge in [0.1, 0.15) is 5.15 Å². The van der Waals surface area contributed by atoms with Crippen molar-refractivity contribution in [3.63, 3.8) is 0 Å². The maximum atomic E-state index is 12.7. The highest BCUT2D eigenvalue weighted by atomic mass is 35.5. The first kappa shape index (κ1) is 22.3. The fraction of sp³-hybridized carbons (Fsp3) is 0.120. The van der Waals surface area contributed by atoms with E-state index >= 15 is 0 Å². The van der Waals surface area contributed by atoms with E-state index in [2.05, 4.69) is 15.0 Å². The van der Waals surface area contributed by atoms with Gasteiger partial charge in [-0.15, -0.1) is 0 Å². The van der Waals surface area contributed by atoms with E-state index in [9.17, 15) is 9.90 Å². The Morgan fingerprint density at radius 1 is 1.00 bits per heavy atom. The molecular weight excluding hydrogens is 473 g/mol. The van der Waals surface area contributed by atoms with Crippen LogP contribution in [0.1, 0.15) is 17.0 Å². The number of pyridine rings is 3. The molecule has 0 spiro atoms. The lowest BCUT2D eigenvalue weighted by Gasteiger charge is -2.29. The summed E-state index contributed by atoms with van der Waals surface area (Å²) in [5, 5.41) is 13.8. The molecule has 0 amide bonds. The highest BCUT2D eigenvalue weighted by Gasteiger charge is 2.38. The summed E-state index contributed by atoms with van der Waals surface area (Å²) in [7, 11) is 3.48. The number of aromatic nitrogens is 5. The first-order valence-corrected chi connectivity index (χ1v) is 11.1. The molecule has 5 aromatic rings. The molecule has 34 heavy (non-hydrogen) atoms. The molecule has 0 aliphatic rings. The van der Waals surface area contributed by atoms with Crippen molar-refractivity contribution in [3.8, 4) is 11.3 Å². The van der Waals surface area contributed by atoms with Crippen LogP contribution in [0.25, 0.3) is 22.2 Å². The zero-order valence-corrected chi connectivity index (χ0v) is 19.8. The molecule has 5 rings (SSSR count). The average molecular weight is 492 g/mol. The first-order chi connectivity index (χ1) is 16.3. The summed E-state index contributed by atoms with van der Waals surface area (Å²) in [6.07, 6.45) is 4.79. The average Bonchev–Trinajstić information content (AvgIpc) is 3.27. The Morgan fingerprint density at radius 2 is 1.76 bits per heavy atom. The van der Waals surface area contributed by atoms with Gasteiger partial charge in [0.05, 0.1) is 41.3 Å². The second-order valence-corrected chi connectivity index (χ2v) is 8.82. The van der Waals surface area contributed by atoms with Gasteiger partial charge < -0.3 is 14.2 Å². The monoisotopic (exact) mass is 491 g/mol. The predicted octanol–water partition coefficient (Wildman–Crippen LogP) is 4.32. The zero-order valence-electron chi connectivity index (χ0n) is 18.3. The molecule has 0 saturated heterocycles. The molecule has 9 heteroatoms. The van der Waals surface area contributed by atoms with Crippen LogP contribution >= 0.6 is 23.2 Å². The van der Waals surface area contributed by atoms with Gasteiger partial charge in [0.15, 0.2) is 5.60 Å². The van der Waals surface area contributed by atoms with Gasteiger partial charge in [-0.1, -0.05) is 41.4 Å². The van der Waals surface area contributed by atoms with Gasteiger partial charge >= 0.3 is 0 Å². The second kappa shape index (κ2) is 8.36. The van der Waals surface area contributed by atoms with Crippen molar-refractivity contribution in [2.24, 2.45) is 14.1 Å². The van der Waals surface area contributed by atoms with E-state index in [4.69, 9.17) is 23.2 Å². The van der Waals surface area contributed by atoms with Crippen LogP contribution in [0.5, 0.6) is 0 Å².